The van der Waals surface area contributed by atoms with Crippen LogP contribution in [-0.4, -0.2) is 15.7 Å². The molecule has 2 heterocycles. The number of aromatic nitrogens is 2. The zero-order valence-corrected chi connectivity index (χ0v) is 12.0. The smallest absolute Gasteiger partial charge is 0.169 e. The van der Waals surface area contributed by atoms with E-state index in [9.17, 15) is 4.79 Å². The Balaban J connectivity index is 2.28. The minimum Gasteiger partial charge on any atom is -0.296 e. The van der Waals surface area contributed by atoms with E-state index in [1.165, 1.54) is 0 Å². The van der Waals surface area contributed by atoms with Gasteiger partial charge in [-0.2, -0.15) is 0 Å². The standard InChI is InChI=1S/C14H8BrClN2O/c15-10-3-6-13-17-14(12(8-19)18(13)7-10)9-1-4-11(16)5-2-9/h1-8H. The maximum absolute atomic E-state index is 11.4. The molecule has 0 atom stereocenters. The summed E-state index contributed by atoms with van der Waals surface area (Å²) in [5.41, 5.74) is 2.78. The van der Waals surface area contributed by atoms with Crippen LogP contribution in [0.5, 0.6) is 0 Å². The van der Waals surface area contributed by atoms with Crippen molar-refractivity contribution in [3.05, 3.63) is 57.8 Å². The molecule has 0 N–H and O–H groups in total. The van der Waals surface area contributed by atoms with Gasteiger partial charge in [-0.05, 0) is 40.2 Å². The van der Waals surface area contributed by atoms with Crippen molar-refractivity contribution in [2.75, 3.05) is 0 Å². The lowest BCUT2D eigenvalue weighted by Crippen LogP contribution is -1.92. The quantitative estimate of drug-likeness (QED) is 0.657. The molecule has 0 aliphatic heterocycles. The zero-order chi connectivity index (χ0) is 13.4. The molecular weight excluding hydrogens is 328 g/mol. The summed E-state index contributed by atoms with van der Waals surface area (Å²) >= 11 is 9.26. The van der Waals surface area contributed by atoms with Gasteiger partial charge in [0.1, 0.15) is 17.0 Å². The summed E-state index contributed by atoms with van der Waals surface area (Å²) in [4.78, 5) is 15.8. The van der Waals surface area contributed by atoms with Crippen molar-refractivity contribution in [2.45, 2.75) is 0 Å². The summed E-state index contributed by atoms with van der Waals surface area (Å²) in [6.07, 6.45) is 2.64. The Bertz CT molecular complexity index is 765. The highest BCUT2D eigenvalue weighted by atomic mass is 79.9. The summed E-state index contributed by atoms with van der Waals surface area (Å²) in [5.74, 6) is 0. The fourth-order valence-electron chi connectivity index (χ4n) is 1.97. The number of halogens is 2. The number of imidazole rings is 1. The fourth-order valence-corrected chi connectivity index (χ4v) is 2.43. The predicted molar refractivity (Wildman–Crippen MR) is 78.7 cm³/mol. The third-order valence-electron chi connectivity index (χ3n) is 2.85. The van der Waals surface area contributed by atoms with Crippen LogP contribution in [0.1, 0.15) is 10.5 Å². The van der Waals surface area contributed by atoms with E-state index in [1.807, 2.05) is 30.5 Å². The number of benzene rings is 1. The Kier molecular flexibility index (Phi) is 3.12. The van der Waals surface area contributed by atoms with E-state index in [4.69, 9.17) is 11.6 Å². The summed E-state index contributed by atoms with van der Waals surface area (Å²) in [5, 5.41) is 0.655. The van der Waals surface area contributed by atoms with Crippen LogP contribution in [-0.2, 0) is 0 Å². The first-order chi connectivity index (χ1) is 9.19. The minimum absolute atomic E-state index is 0.527. The van der Waals surface area contributed by atoms with Crippen LogP contribution in [0.15, 0.2) is 47.1 Å². The van der Waals surface area contributed by atoms with Crippen LogP contribution in [0.2, 0.25) is 5.02 Å². The highest BCUT2D eigenvalue weighted by Gasteiger charge is 2.13. The van der Waals surface area contributed by atoms with Gasteiger partial charge in [-0.3, -0.25) is 9.20 Å². The molecule has 19 heavy (non-hydrogen) atoms. The SMILES string of the molecule is O=Cc1c(-c2ccc(Cl)cc2)nc2ccc(Br)cn12. The molecule has 0 amide bonds. The Morgan fingerprint density at radius 1 is 1.16 bits per heavy atom. The maximum Gasteiger partial charge on any atom is 0.169 e. The van der Waals surface area contributed by atoms with Crippen LogP contribution in [0.4, 0.5) is 0 Å². The first-order valence-corrected chi connectivity index (χ1v) is 6.75. The lowest BCUT2D eigenvalue weighted by atomic mass is 10.1. The monoisotopic (exact) mass is 334 g/mol. The maximum atomic E-state index is 11.4. The van der Waals surface area contributed by atoms with Gasteiger partial charge in [-0.1, -0.05) is 23.7 Å². The number of carbonyl (C=O) groups excluding carboxylic acids is 1. The number of fused-ring (bicyclic) bond motifs is 1. The third kappa shape index (κ3) is 2.17. The van der Waals surface area contributed by atoms with Crippen LogP contribution in [0, 0.1) is 0 Å². The minimum atomic E-state index is 0.527. The summed E-state index contributed by atoms with van der Waals surface area (Å²) in [6, 6.07) is 11.0. The Morgan fingerprint density at radius 3 is 2.58 bits per heavy atom. The van der Waals surface area contributed by atoms with Gasteiger partial charge in [-0.15, -0.1) is 0 Å². The number of carbonyl (C=O) groups is 1. The normalized spacial score (nSPS) is 10.8. The summed E-state index contributed by atoms with van der Waals surface area (Å²) < 4.78 is 2.66. The molecule has 0 fully saturated rings. The molecule has 0 radical (unpaired) electrons. The van der Waals surface area contributed by atoms with Crippen LogP contribution < -0.4 is 0 Å². The van der Waals surface area contributed by atoms with Gasteiger partial charge in [0.05, 0.1) is 0 Å². The number of hydrogen-bond donors (Lipinski definition) is 0. The van der Waals surface area contributed by atoms with Crippen LogP contribution in [0.3, 0.4) is 0 Å². The van der Waals surface area contributed by atoms with Gasteiger partial charge in [0.15, 0.2) is 6.29 Å². The second-order valence-corrected chi connectivity index (χ2v) is 5.40. The van der Waals surface area contributed by atoms with Crippen molar-refractivity contribution in [1.82, 2.24) is 9.38 Å². The molecule has 0 saturated carbocycles. The van der Waals surface area contributed by atoms with Gasteiger partial charge in [0.2, 0.25) is 0 Å². The molecule has 2 aromatic heterocycles. The number of hydrogen-bond acceptors (Lipinski definition) is 2. The zero-order valence-electron chi connectivity index (χ0n) is 9.68. The van der Waals surface area contributed by atoms with E-state index in [2.05, 4.69) is 20.9 Å². The lowest BCUT2D eigenvalue weighted by Gasteiger charge is -1.99. The van der Waals surface area contributed by atoms with Crippen molar-refractivity contribution in [3.8, 4) is 11.3 Å². The largest absolute Gasteiger partial charge is 0.296 e. The van der Waals surface area contributed by atoms with Crippen molar-refractivity contribution in [2.24, 2.45) is 0 Å². The van der Waals surface area contributed by atoms with E-state index >= 15 is 0 Å². The van der Waals surface area contributed by atoms with E-state index in [0.29, 0.717) is 16.4 Å². The molecule has 3 nitrogen and oxygen atoms in total. The van der Waals surface area contributed by atoms with Gasteiger partial charge in [-0.25, -0.2) is 4.98 Å². The van der Waals surface area contributed by atoms with E-state index in [-0.39, 0.29) is 0 Å². The summed E-state index contributed by atoms with van der Waals surface area (Å²) in [7, 11) is 0. The van der Waals surface area contributed by atoms with E-state index in [0.717, 1.165) is 22.0 Å². The molecule has 0 bridgehead atoms. The highest BCUT2D eigenvalue weighted by Crippen LogP contribution is 2.25. The van der Waals surface area contributed by atoms with Gasteiger partial charge in [0, 0.05) is 21.3 Å². The summed E-state index contributed by atoms with van der Waals surface area (Å²) in [6.45, 7) is 0. The molecular formula is C14H8BrClN2O. The van der Waals surface area contributed by atoms with E-state index < -0.39 is 0 Å². The average molecular weight is 336 g/mol. The number of pyridine rings is 1. The number of rotatable bonds is 2. The number of nitrogens with zero attached hydrogens (tertiary/aromatic N) is 2. The first-order valence-electron chi connectivity index (χ1n) is 5.58. The van der Waals surface area contributed by atoms with Gasteiger partial charge >= 0.3 is 0 Å². The molecule has 0 spiro atoms. The molecule has 94 valence electrons. The molecule has 0 unspecified atom stereocenters. The molecule has 0 aliphatic rings. The molecule has 1 aromatic carbocycles. The second kappa shape index (κ2) is 4.79. The molecule has 5 heteroatoms. The van der Waals surface area contributed by atoms with Crippen LogP contribution in [0.25, 0.3) is 16.9 Å². The molecule has 3 rings (SSSR count). The van der Waals surface area contributed by atoms with Gasteiger partial charge in [0.25, 0.3) is 0 Å². The fraction of sp³-hybridized carbons (Fsp3) is 0. The van der Waals surface area contributed by atoms with E-state index in [1.54, 1.807) is 16.5 Å². The van der Waals surface area contributed by atoms with Crippen molar-refractivity contribution >= 4 is 39.5 Å². The molecule has 3 aromatic rings. The number of aldehydes is 1. The topological polar surface area (TPSA) is 34.4 Å². The lowest BCUT2D eigenvalue weighted by molar-refractivity contribution is 0.111. The molecule has 0 aliphatic carbocycles. The van der Waals surface area contributed by atoms with Crippen LogP contribution >= 0.6 is 27.5 Å². The third-order valence-corrected chi connectivity index (χ3v) is 3.57. The Labute approximate surface area is 123 Å². The predicted octanol–water partition coefficient (Wildman–Crippen LogP) is 4.23. The van der Waals surface area contributed by atoms with Gasteiger partial charge < -0.3 is 0 Å². The van der Waals surface area contributed by atoms with Crippen molar-refractivity contribution in [1.29, 1.82) is 0 Å². The highest BCUT2D eigenvalue weighted by molar-refractivity contribution is 9.10. The average Bonchev–Trinajstić information content (AvgIpc) is 2.77. The molecule has 0 saturated heterocycles. The second-order valence-electron chi connectivity index (χ2n) is 4.05. The van der Waals surface area contributed by atoms with Crippen molar-refractivity contribution < 1.29 is 4.79 Å². The Morgan fingerprint density at radius 2 is 1.89 bits per heavy atom. The van der Waals surface area contributed by atoms with Crippen molar-refractivity contribution in [3.63, 3.8) is 0 Å². The Hall–Kier alpha value is -1.65. The first kappa shape index (κ1) is 12.4.